The van der Waals surface area contributed by atoms with E-state index in [1.807, 2.05) is 24.3 Å². The van der Waals surface area contributed by atoms with Crippen LogP contribution < -0.4 is 0 Å². The number of furan rings is 1. The van der Waals surface area contributed by atoms with Crippen LogP contribution in [-0.4, -0.2) is 5.11 Å². The third-order valence-electron chi connectivity index (χ3n) is 2.62. The zero-order chi connectivity index (χ0) is 11.5. The van der Waals surface area contributed by atoms with Gasteiger partial charge < -0.3 is 9.52 Å². The molecule has 1 heterocycles. The standard InChI is InChI=1S/C13H13ClO2/c1-2-9-4-3-5-10(8-9)12(15)11-6-7-16-13(11)14/h3-8,12,15H,2H2,1H3. The molecule has 0 aliphatic heterocycles. The summed E-state index contributed by atoms with van der Waals surface area (Å²) in [5, 5.41) is 10.4. The molecule has 2 nitrogen and oxygen atoms in total. The summed E-state index contributed by atoms with van der Waals surface area (Å²) in [6, 6.07) is 9.52. The van der Waals surface area contributed by atoms with Crippen LogP contribution in [0.1, 0.15) is 29.7 Å². The van der Waals surface area contributed by atoms with E-state index in [9.17, 15) is 5.11 Å². The molecule has 0 saturated heterocycles. The molecule has 1 atom stereocenters. The van der Waals surface area contributed by atoms with Gasteiger partial charge in [-0.1, -0.05) is 31.2 Å². The Kier molecular flexibility index (Phi) is 3.32. The minimum absolute atomic E-state index is 0.245. The maximum atomic E-state index is 10.1. The fraction of sp³-hybridized carbons (Fsp3) is 0.231. The molecule has 1 aromatic heterocycles. The highest BCUT2D eigenvalue weighted by molar-refractivity contribution is 6.29. The van der Waals surface area contributed by atoms with Crippen molar-refractivity contribution in [2.45, 2.75) is 19.4 Å². The van der Waals surface area contributed by atoms with Crippen LogP contribution in [0, 0.1) is 0 Å². The van der Waals surface area contributed by atoms with E-state index in [1.54, 1.807) is 6.07 Å². The Morgan fingerprint density at radius 1 is 1.38 bits per heavy atom. The highest BCUT2D eigenvalue weighted by Crippen LogP contribution is 2.29. The Bertz CT molecular complexity index is 476. The number of halogens is 1. The normalized spacial score (nSPS) is 12.7. The van der Waals surface area contributed by atoms with E-state index < -0.39 is 6.10 Å². The monoisotopic (exact) mass is 236 g/mol. The first kappa shape index (κ1) is 11.2. The number of benzene rings is 1. The summed E-state index contributed by atoms with van der Waals surface area (Å²) in [6.45, 7) is 2.08. The van der Waals surface area contributed by atoms with Gasteiger partial charge in [0, 0.05) is 5.56 Å². The molecule has 1 aromatic carbocycles. The number of aryl methyl sites for hydroxylation is 1. The fourth-order valence-electron chi connectivity index (χ4n) is 1.66. The van der Waals surface area contributed by atoms with E-state index in [2.05, 4.69) is 6.92 Å². The molecule has 16 heavy (non-hydrogen) atoms. The summed E-state index contributed by atoms with van der Waals surface area (Å²) in [6.07, 6.45) is 1.70. The molecule has 3 heteroatoms. The Balaban J connectivity index is 2.33. The first-order valence-corrected chi connectivity index (χ1v) is 5.60. The summed E-state index contributed by atoms with van der Waals surface area (Å²) in [5.41, 5.74) is 2.63. The Morgan fingerprint density at radius 3 is 2.81 bits per heavy atom. The molecule has 0 saturated carbocycles. The maximum absolute atomic E-state index is 10.1. The summed E-state index contributed by atoms with van der Waals surface area (Å²) < 4.78 is 4.97. The number of hydrogen-bond acceptors (Lipinski definition) is 2. The van der Waals surface area contributed by atoms with Gasteiger partial charge in [-0.2, -0.15) is 0 Å². The van der Waals surface area contributed by atoms with Gasteiger partial charge in [0.25, 0.3) is 0 Å². The molecule has 0 radical (unpaired) electrons. The zero-order valence-corrected chi connectivity index (χ0v) is 9.74. The summed E-state index contributed by atoms with van der Waals surface area (Å²) in [4.78, 5) is 0. The topological polar surface area (TPSA) is 33.4 Å². The van der Waals surface area contributed by atoms with Crippen LogP contribution >= 0.6 is 11.6 Å². The van der Waals surface area contributed by atoms with Crippen molar-refractivity contribution in [2.24, 2.45) is 0 Å². The van der Waals surface area contributed by atoms with Gasteiger partial charge in [-0.05, 0) is 35.2 Å². The molecule has 0 spiro atoms. The molecule has 0 aliphatic rings. The summed E-state index contributed by atoms with van der Waals surface area (Å²) >= 11 is 5.83. The largest absolute Gasteiger partial charge is 0.453 e. The minimum atomic E-state index is -0.724. The van der Waals surface area contributed by atoms with Crippen molar-refractivity contribution < 1.29 is 9.52 Å². The van der Waals surface area contributed by atoms with Crippen LogP contribution in [0.25, 0.3) is 0 Å². The van der Waals surface area contributed by atoms with Crippen LogP contribution in [0.4, 0.5) is 0 Å². The fourth-order valence-corrected chi connectivity index (χ4v) is 1.88. The third kappa shape index (κ3) is 2.13. The quantitative estimate of drug-likeness (QED) is 0.884. The van der Waals surface area contributed by atoms with Crippen molar-refractivity contribution >= 4 is 11.6 Å². The summed E-state index contributed by atoms with van der Waals surface area (Å²) in [5.74, 6) is 0. The van der Waals surface area contributed by atoms with Crippen molar-refractivity contribution in [1.29, 1.82) is 0 Å². The van der Waals surface area contributed by atoms with Gasteiger partial charge in [0.05, 0.1) is 6.26 Å². The third-order valence-corrected chi connectivity index (χ3v) is 2.92. The maximum Gasteiger partial charge on any atom is 0.199 e. The van der Waals surface area contributed by atoms with Gasteiger partial charge >= 0.3 is 0 Å². The lowest BCUT2D eigenvalue weighted by Gasteiger charge is -2.10. The van der Waals surface area contributed by atoms with Crippen molar-refractivity contribution in [3.8, 4) is 0 Å². The van der Waals surface area contributed by atoms with Crippen molar-refractivity contribution in [1.82, 2.24) is 0 Å². The molecule has 0 amide bonds. The van der Waals surface area contributed by atoms with Gasteiger partial charge in [-0.15, -0.1) is 0 Å². The highest BCUT2D eigenvalue weighted by Gasteiger charge is 2.16. The van der Waals surface area contributed by atoms with E-state index in [0.29, 0.717) is 5.56 Å². The van der Waals surface area contributed by atoms with E-state index in [-0.39, 0.29) is 5.22 Å². The van der Waals surface area contributed by atoms with Gasteiger partial charge in [-0.3, -0.25) is 0 Å². The molecule has 0 bridgehead atoms. The molecule has 0 aliphatic carbocycles. The second-order valence-corrected chi connectivity index (χ2v) is 3.99. The van der Waals surface area contributed by atoms with Crippen molar-refractivity contribution in [2.75, 3.05) is 0 Å². The minimum Gasteiger partial charge on any atom is -0.453 e. The van der Waals surface area contributed by atoms with Gasteiger partial charge in [0.2, 0.25) is 0 Å². The van der Waals surface area contributed by atoms with Gasteiger partial charge in [0.1, 0.15) is 6.10 Å². The molecule has 1 N–H and O–H groups in total. The average Bonchev–Trinajstić information content (AvgIpc) is 2.74. The molecular formula is C13H13ClO2. The lowest BCUT2D eigenvalue weighted by Crippen LogP contribution is -1.99. The second-order valence-electron chi connectivity index (χ2n) is 3.65. The van der Waals surface area contributed by atoms with Crippen LogP contribution in [0.3, 0.4) is 0 Å². The van der Waals surface area contributed by atoms with E-state index >= 15 is 0 Å². The lowest BCUT2D eigenvalue weighted by atomic mass is 10.0. The summed E-state index contributed by atoms with van der Waals surface area (Å²) in [7, 11) is 0. The van der Waals surface area contributed by atoms with Crippen molar-refractivity contribution in [3.63, 3.8) is 0 Å². The number of rotatable bonds is 3. The Hall–Kier alpha value is -1.25. The van der Waals surface area contributed by atoms with Crippen LogP contribution in [0.5, 0.6) is 0 Å². The van der Waals surface area contributed by atoms with E-state index in [0.717, 1.165) is 12.0 Å². The van der Waals surface area contributed by atoms with Crippen molar-refractivity contribution in [3.05, 3.63) is 58.5 Å². The van der Waals surface area contributed by atoms with Gasteiger partial charge in [-0.25, -0.2) is 0 Å². The molecule has 2 aromatic rings. The molecule has 2 rings (SSSR count). The lowest BCUT2D eigenvalue weighted by molar-refractivity contribution is 0.219. The highest BCUT2D eigenvalue weighted by atomic mass is 35.5. The Labute approximate surface area is 99.5 Å². The molecule has 84 valence electrons. The SMILES string of the molecule is CCc1cccc(C(O)c2ccoc2Cl)c1. The Morgan fingerprint density at radius 2 is 2.19 bits per heavy atom. The molecular weight excluding hydrogens is 224 g/mol. The average molecular weight is 237 g/mol. The second kappa shape index (κ2) is 4.73. The van der Waals surface area contributed by atoms with Crippen LogP contribution in [0.15, 0.2) is 41.0 Å². The molecule has 1 unspecified atom stereocenters. The van der Waals surface area contributed by atoms with Gasteiger partial charge in [0.15, 0.2) is 5.22 Å². The molecule has 0 fully saturated rings. The number of aliphatic hydroxyl groups is 1. The first-order chi connectivity index (χ1) is 7.72. The smallest absolute Gasteiger partial charge is 0.199 e. The van der Waals surface area contributed by atoms with E-state index in [4.69, 9.17) is 16.0 Å². The van der Waals surface area contributed by atoms with Crippen LogP contribution in [0.2, 0.25) is 5.22 Å². The van der Waals surface area contributed by atoms with E-state index in [1.165, 1.54) is 11.8 Å². The predicted molar refractivity (Wildman–Crippen MR) is 63.6 cm³/mol. The zero-order valence-electron chi connectivity index (χ0n) is 8.98. The predicted octanol–water partition coefficient (Wildman–Crippen LogP) is 3.58. The van der Waals surface area contributed by atoms with Crippen LogP contribution in [-0.2, 0) is 6.42 Å². The first-order valence-electron chi connectivity index (χ1n) is 5.22. The number of hydrogen-bond donors (Lipinski definition) is 1. The number of aliphatic hydroxyl groups excluding tert-OH is 1.